The number of ketones is 3. The molecular weight excluding hydrogens is 494 g/mol. The molecular formula is C18H14Br2F2O5. The van der Waals surface area contributed by atoms with Gasteiger partial charge in [0.2, 0.25) is 0 Å². The van der Waals surface area contributed by atoms with E-state index in [1.807, 2.05) is 0 Å². The smallest absolute Gasteiger partial charge is 0.174 e. The molecule has 27 heavy (non-hydrogen) atoms. The molecule has 0 heterocycles. The normalized spacial score (nSPS) is 10.0. The van der Waals surface area contributed by atoms with Gasteiger partial charge in [-0.1, -0.05) is 0 Å². The number of carbonyl (C=O) groups is 3. The standard InChI is InChI=1S/C10H8BrFO3.C8H6BrFO2/c1-5(13)2-9(14)6-3-8(12)7(11)4-10(6)15;1-4(11)5-2-7(10)6(9)3-8(5)12/h3-4,15H,2H2,1H3;2-3,12H,1H3. The van der Waals surface area contributed by atoms with Crippen LogP contribution in [0.15, 0.2) is 33.2 Å². The number of phenolic OH excluding ortho intramolecular Hbond substituents is 2. The molecule has 2 aromatic carbocycles. The first-order chi connectivity index (χ1) is 12.4. The zero-order valence-corrected chi connectivity index (χ0v) is 17.3. The second-order valence-corrected chi connectivity index (χ2v) is 7.13. The third-order valence-electron chi connectivity index (χ3n) is 3.17. The van der Waals surface area contributed by atoms with Crippen molar-refractivity contribution in [3.8, 4) is 11.5 Å². The average molecular weight is 508 g/mol. The van der Waals surface area contributed by atoms with E-state index in [1.165, 1.54) is 13.8 Å². The lowest BCUT2D eigenvalue weighted by Gasteiger charge is -2.03. The molecule has 0 aliphatic heterocycles. The van der Waals surface area contributed by atoms with Gasteiger partial charge in [0, 0.05) is 0 Å². The topological polar surface area (TPSA) is 91.7 Å². The van der Waals surface area contributed by atoms with E-state index in [4.69, 9.17) is 5.11 Å². The second-order valence-electron chi connectivity index (χ2n) is 5.43. The van der Waals surface area contributed by atoms with Crippen LogP contribution in [0.2, 0.25) is 0 Å². The maximum absolute atomic E-state index is 13.1. The van der Waals surface area contributed by atoms with Crippen LogP contribution < -0.4 is 0 Å². The van der Waals surface area contributed by atoms with Crippen LogP contribution in [0.1, 0.15) is 41.0 Å². The van der Waals surface area contributed by atoms with E-state index in [9.17, 15) is 28.3 Å². The monoisotopic (exact) mass is 506 g/mol. The molecule has 0 aliphatic carbocycles. The second kappa shape index (κ2) is 9.70. The molecule has 0 fully saturated rings. The lowest BCUT2D eigenvalue weighted by atomic mass is 10.1. The molecule has 0 spiro atoms. The summed E-state index contributed by atoms with van der Waals surface area (Å²) in [6.07, 6.45) is -0.339. The summed E-state index contributed by atoms with van der Waals surface area (Å²) in [5.41, 5.74) is -0.179. The highest BCUT2D eigenvalue weighted by Crippen LogP contribution is 2.27. The van der Waals surface area contributed by atoms with Crippen LogP contribution in [0, 0.1) is 11.6 Å². The highest BCUT2D eigenvalue weighted by Gasteiger charge is 2.16. The molecule has 0 saturated heterocycles. The number of halogens is 4. The highest BCUT2D eigenvalue weighted by molar-refractivity contribution is 9.10. The fraction of sp³-hybridized carbons (Fsp3) is 0.167. The summed E-state index contributed by atoms with van der Waals surface area (Å²) in [7, 11) is 0. The minimum atomic E-state index is -0.653. The van der Waals surface area contributed by atoms with Crippen molar-refractivity contribution in [3.63, 3.8) is 0 Å². The Morgan fingerprint density at radius 1 is 0.852 bits per heavy atom. The van der Waals surface area contributed by atoms with Crippen LogP contribution in [0.4, 0.5) is 8.78 Å². The summed E-state index contributed by atoms with van der Waals surface area (Å²) in [5, 5.41) is 18.5. The lowest BCUT2D eigenvalue weighted by molar-refractivity contribution is -0.116. The van der Waals surface area contributed by atoms with Crippen LogP contribution >= 0.6 is 31.9 Å². The maximum atomic E-state index is 13.1. The molecule has 9 heteroatoms. The van der Waals surface area contributed by atoms with Crippen LogP contribution in [0.25, 0.3) is 0 Å². The molecule has 0 saturated carbocycles. The molecule has 0 unspecified atom stereocenters. The number of benzene rings is 2. The fourth-order valence-corrected chi connectivity index (χ4v) is 2.56. The third kappa shape index (κ3) is 6.51. The van der Waals surface area contributed by atoms with Gasteiger partial charge < -0.3 is 10.2 Å². The Bertz CT molecular complexity index is 913. The molecule has 144 valence electrons. The number of rotatable bonds is 4. The maximum Gasteiger partial charge on any atom is 0.174 e. The van der Waals surface area contributed by atoms with Crippen molar-refractivity contribution in [2.75, 3.05) is 0 Å². The van der Waals surface area contributed by atoms with Gasteiger partial charge in [-0.15, -0.1) is 0 Å². The lowest BCUT2D eigenvalue weighted by Crippen LogP contribution is -2.05. The van der Waals surface area contributed by atoms with E-state index >= 15 is 0 Å². The summed E-state index contributed by atoms with van der Waals surface area (Å²) in [5.74, 6) is -3.05. The average Bonchev–Trinajstić information content (AvgIpc) is 2.54. The fourth-order valence-electron chi connectivity index (χ4n) is 1.90. The Labute approximate surface area is 170 Å². The predicted octanol–water partition coefficient (Wildman–Crippen LogP) is 4.95. The van der Waals surface area contributed by atoms with Gasteiger partial charge in [-0.05, 0) is 70.0 Å². The van der Waals surface area contributed by atoms with Crippen molar-refractivity contribution in [2.24, 2.45) is 0 Å². The van der Waals surface area contributed by atoms with Crippen molar-refractivity contribution >= 4 is 49.2 Å². The molecule has 0 aromatic heterocycles. The van der Waals surface area contributed by atoms with E-state index in [-0.39, 0.29) is 49.6 Å². The summed E-state index contributed by atoms with van der Waals surface area (Å²) >= 11 is 5.75. The van der Waals surface area contributed by atoms with Crippen molar-refractivity contribution in [3.05, 3.63) is 56.0 Å². The van der Waals surface area contributed by atoms with E-state index in [0.717, 1.165) is 24.3 Å². The molecule has 0 amide bonds. The van der Waals surface area contributed by atoms with Gasteiger partial charge in [0.25, 0.3) is 0 Å². The minimum absolute atomic E-state index is 0.00398. The number of aromatic hydroxyl groups is 2. The van der Waals surface area contributed by atoms with Gasteiger partial charge in [0.05, 0.1) is 26.5 Å². The Hall–Kier alpha value is -2.13. The molecule has 0 aliphatic rings. The van der Waals surface area contributed by atoms with Crippen LogP contribution in [0.3, 0.4) is 0 Å². The molecule has 2 aromatic rings. The highest BCUT2D eigenvalue weighted by atomic mass is 79.9. The van der Waals surface area contributed by atoms with E-state index in [2.05, 4.69) is 31.9 Å². The molecule has 0 atom stereocenters. The first-order valence-corrected chi connectivity index (χ1v) is 8.92. The number of hydrogen-bond donors (Lipinski definition) is 2. The summed E-state index contributed by atoms with van der Waals surface area (Å²) in [6.45, 7) is 2.52. The van der Waals surface area contributed by atoms with Crippen molar-refractivity contribution in [1.29, 1.82) is 0 Å². The predicted molar refractivity (Wildman–Crippen MR) is 101 cm³/mol. The Morgan fingerprint density at radius 2 is 1.26 bits per heavy atom. The number of Topliss-reactive ketones (excluding diaryl/α,β-unsaturated/α-hetero) is 3. The van der Waals surface area contributed by atoms with Crippen molar-refractivity contribution in [1.82, 2.24) is 0 Å². The molecule has 0 bridgehead atoms. The van der Waals surface area contributed by atoms with Crippen molar-refractivity contribution < 1.29 is 33.4 Å². The molecule has 0 radical (unpaired) electrons. The molecule has 2 N–H and O–H groups in total. The Kier molecular flexibility index (Phi) is 8.23. The first kappa shape index (κ1) is 22.9. The summed E-state index contributed by atoms with van der Waals surface area (Å²) < 4.78 is 26.1. The van der Waals surface area contributed by atoms with Crippen LogP contribution in [-0.2, 0) is 4.79 Å². The third-order valence-corrected chi connectivity index (χ3v) is 4.38. The van der Waals surface area contributed by atoms with E-state index < -0.39 is 17.4 Å². The summed E-state index contributed by atoms with van der Waals surface area (Å²) in [4.78, 5) is 32.8. The van der Waals surface area contributed by atoms with Gasteiger partial charge in [-0.25, -0.2) is 8.78 Å². The van der Waals surface area contributed by atoms with Crippen LogP contribution in [-0.4, -0.2) is 27.6 Å². The van der Waals surface area contributed by atoms with Gasteiger partial charge in [0.1, 0.15) is 28.9 Å². The largest absolute Gasteiger partial charge is 0.507 e. The van der Waals surface area contributed by atoms with E-state index in [0.29, 0.717) is 0 Å². The number of hydrogen-bond acceptors (Lipinski definition) is 5. The van der Waals surface area contributed by atoms with Gasteiger partial charge in [-0.3, -0.25) is 14.4 Å². The van der Waals surface area contributed by atoms with Gasteiger partial charge in [0.15, 0.2) is 11.6 Å². The van der Waals surface area contributed by atoms with Crippen molar-refractivity contribution in [2.45, 2.75) is 20.3 Å². The molecule has 2 rings (SSSR count). The zero-order chi connectivity index (χ0) is 20.9. The van der Waals surface area contributed by atoms with E-state index in [1.54, 1.807) is 0 Å². The van der Waals surface area contributed by atoms with Gasteiger partial charge in [-0.2, -0.15) is 0 Å². The number of phenols is 2. The van der Waals surface area contributed by atoms with Gasteiger partial charge >= 0.3 is 0 Å². The quantitative estimate of drug-likeness (QED) is 0.451. The first-order valence-electron chi connectivity index (χ1n) is 7.33. The Balaban J connectivity index is 0.000000277. The Morgan fingerprint density at radius 3 is 1.67 bits per heavy atom. The SMILES string of the molecule is CC(=O)CC(=O)c1cc(F)c(Br)cc1O.CC(=O)c1cc(F)c(Br)cc1O. The number of carbonyl (C=O) groups excluding carboxylic acids is 3. The minimum Gasteiger partial charge on any atom is -0.507 e. The van der Waals surface area contributed by atoms with Crippen LogP contribution in [0.5, 0.6) is 11.5 Å². The zero-order valence-electron chi connectivity index (χ0n) is 14.1. The molecule has 5 nitrogen and oxygen atoms in total. The summed E-state index contributed by atoms with van der Waals surface area (Å²) in [6, 6.07) is 4.15.